The van der Waals surface area contributed by atoms with Crippen LogP contribution in [0.1, 0.15) is 32.1 Å². The summed E-state index contributed by atoms with van der Waals surface area (Å²) in [4.78, 5) is 24.4. The quantitative estimate of drug-likeness (QED) is 0.148. The summed E-state index contributed by atoms with van der Waals surface area (Å²) < 4.78 is 34.4. The molecule has 3 heterocycles. The molecule has 4 unspecified atom stereocenters. The van der Waals surface area contributed by atoms with Crippen LogP contribution in [0.3, 0.4) is 0 Å². The normalized spacial score (nSPS) is 20.5. The van der Waals surface area contributed by atoms with Crippen LogP contribution >= 0.6 is 31.9 Å². The maximum atomic E-state index is 15.0. The van der Waals surface area contributed by atoms with Crippen LogP contribution in [0.15, 0.2) is 36.7 Å². The number of imidazole rings is 1. The summed E-state index contributed by atoms with van der Waals surface area (Å²) in [5.41, 5.74) is 6.68. The molecule has 0 saturated carbocycles. The first-order chi connectivity index (χ1) is 18.7. The number of aromatic nitrogens is 4. The molecule has 15 heteroatoms. The fourth-order valence-corrected chi connectivity index (χ4v) is 5.92. The topological polar surface area (TPSA) is 147 Å². The zero-order chi connectivity index (χ0) is 28.0. The summed E-state index contributed by atoms with van der Waals surface area (Å²) in [5, 5.41) is 12.5. The van der Waals surface area contributed by atoms with E-state index in [2.05, 4.69) is 20.0 Å². The second-order valence-electron chi connectivity index (χ2n) is 9.49. The third-order valence-electron chi connectivity index (χ3n) is 5.93. The van der Waals surface area contributed by atoms with Gasteiger partial charge in [0.05, 0.1) is 37.7 Å². The number of aliphatic hydroxyl groups is 1. The van der Waals surface area contributed by atoms with E-state index in [4.69, 9.17) is 31.1 Å². The Bertz CT molecular complexity index is 1260. The standard InChI is InChI=1S/C24H31ClFN6O5PS/c1-24(2,13-33)22(34)39-9-8-35-38(29-11-15-6-4-3-5-7-15)36-12-16-10-17(26)21(37-16)32-14-28-18-19(27)30-23(25)31-20(18)32/h3-7,14,16-17,21,29,33H,8-13H2,1-2H3,(H2,27,30,31). The SMILES string of the molecule is CC(C)(CO)C(=O)SCCOP(NCc1ccccc1)OCC1CC(F)C(n2cnc3c(N)nc(Cl)nc32)O1. The largest absolute Gasteiger partial charge is 0.395 e. The van der Waals surface area contributed by atoms with Gasteiger partial charge in [0, 0.05) is 18.7 Å². The van der Waals surface area contributed by atoms with Crippen LogP contribution in [-0.2, 0) is 25.1 Å². The van der Waals surface area contributed by atoms with Gasteiger partial charge in [0.25, 0.3) is 8.53 Å². The number of nitrogen functional groups attached to an aromatic ring is 1. The number of hydrogen-bond acceptors (Lipinski definition) is 11. The Labute approximate surface area is 235 Å². The molecule has 0 radical (unpaired) electrons. The lowest BCUT2D eigenvalue weighted by atomic mass is 9.97. The lowest BCUT2D eigenvalue weighted by Gasteiger charge is -2.21. The van der Waals surface area contributed by atoms with Gasteiger partial charge in [-0.05, 0) is 31.0 Å². The summed E-state index contributed by atoms with van der Waals surface area (Å²) in [6.07, 6.45) is -1.36. The number of fused-ring (bicyclic) bond motifs is 1. The Balaban J connectivity index is 1.34. The average molecular weight is 601 g/mol. The van der Waals surface area contributed by atoms with Crippen molar-refractivity contribution in [1.82, 2.24) is 24.6 Å². The monoisotopic (exact) mass is 600 g/mol. The highest BCUT2D eigenvalue weighted by Gasteiger charge is 2.38. The van der Waals surface area contributed by atoms with E-state index in [0.29, 0.717) is 17.8 Å². The lowest BCUT2D eigenvalue weighted by Crippen LogP contribution is -2.26. The Morgan fingerprint density at radius 1 is 1.36 bits per heavy atom. The van der Waals surface area contributed by atoms with Gasteiger partial charge in [0.1, 0.15) is 11.7 Å². The van der Waals surface area contributed by atoms with Gasteiger partial charge in [0.15, 0.2) is 22.8 Å². The predicted molar refractivity (Wildman–Crippen MR) is 149 cm³/mol. The van der Waals surface area contributed by atoms with E-state index in [0.717, 1.165) is 17.3 Å². The number of alkyl halides is 1. The first kappa shape index (κ1) is 30.0. The second kappa shape index (κ2) is 13.6. The number of carbonyl (C=O) groups excluding carboxylic acids is 1. The van der Waals surface area contributed by atoms with Crippen molar-refractivity contribution in [1.29, 1.82) is 0 Å². The minimum atomic E-state index is -1.57. The number of nitrogens with one attached hydrogen (secondary N) is 1. The highest BCUT2D eigenvalue weighted by molar-refractivity contribution is 8.13. The lowest BCUT2D eigenvalue weighted by molar-refractivity contribution is -0.119. The molecule has 0 spiro atoms. The molecule has 3 aromatic rings. The molecular formula is C24H31ClFN6O5PS. The molecular weight excluding hydrogens is 570 g/mol. The fraction of sp³-hybridized carbons (Fsp3) is 0.500. The molecule has 1 aliphatic heterocycles. The Morgan fingerprint density at radius 2 is 2.13 bits per heavy atom. The number of nitrogens with zero attached hydrogens (tertiary/aromatic N) is 4. The first-order valence-corrected chi connectivity index (χ1v) is 14.8. The van der Waals surface area contributed by atoms with Crippen LogP contribution in [0.25, 0.3) is 11.2 Å². The molecule has 1 saturated heterocycles. The molecule has 11 nitrogen and oxygen atoms in total. The number of aliphatic hydroxyl groups excluding tert-OH is 1. The van der Waals surface area contributed by atoms with Crippen molar-refractivity contribution >= 4 is 54.0 Å². The van der Waals surface area contributed by atoms with Crippen molar-refractivity contribution in [2.24, 2.45) is 5.41 Å². The zero-order valence-corrected chi connectivity index (χ0v) is 24.0. The number of halogens is 2. The van der Waals surface area contributed by atoms with E-state index in [9.17, 15) is 9.90 Å². The number of anilines is 1. The molecule has 4 N–H and O–H groups in total. The van der Waals surface area contributed by atoms with Gasteiger partial charge in [-0.3, -0.25) is 9.36 Å². The van der Waals surface area contributed by atoms with Crippen molar-refractivity contribution < 1.29 is 28.1 Å². The van der Waals surface area contributed by atoms with Crippen LogP contribution in [0, 0.1) is 5.41 Å². The molecule has 4 rings (SSSR count). The Kier molecular flexibility index (Phi) is 10.5. The van der Waals surface area contributed by atoms with E-state index >= 15 is 4.39 Å². The number of ether oxygens (including phenoxy) is 1. The van der Waals surface area contributed by atoms with Crippen molar-refractivity contribution in [3.8, 4) is 0 Å². The molecule has 4 atom stereocenters. The van der Waals surface area contributed by atoms with Crippen LogP contribution in [0.5, 0.6) is 0 Å². The van der Waals surface area contributed by atoms with Crippen LogP contribution in [0.4, 0.5) is 10.2 Å². The molecule has 1 aliphatic rings. The minimum Gasteiger partial charge on any atom is -0.395 e. The summed E-state index contributed by atoms with van der Waals surface area (Å²) >= 11 is 7.04. The molecule has 212 valence electrons. The van der Waals surface area contributed by atoms with Crippen LogP contribution in [0.2, 0.25) is 5.28 Å². The summed E-state index contributed by atoms with van der Waals surface area (Å²) in [5.74, 6) is 0.497. The molecule has 1 fully saturated rings. The molecule has 2 aromatic heterocycles. The Morgan fingerprint density at radius 3 is 2.87 bits per heavy atom. The zero-order valence-electron chi connectivity index (χ0n) is 21.5. The summed E-state index contributed by atoms with van der Waals surface area (Å²) in [6.45, 7) is 3.98. The molecule has 0 amide bonds. The smallest absolute Gasteiger partial charge is 0.256 e. The third-order valence-corrected chi connectivity index (χ3v) is 8.50. The predicted octanol–water partition coefficient (Wildman–Crippen LogP) is 4.02. The second-order valence-corrected chi connectivity index (χ2v) is 12.2. The van der Waals surface area contributed by atoms with Gasteiger partial charge < -0.3 is 24.6 Å². The summed E-state index contributed by atoms with van der Waals surface area (Å²) in [7, 11) is -1.57. The van der Waals surface area contributed by atoms with Crippen molar-refractivity contribution in [3.05, 3.63) is 47.5 Å². The van der Waals surface area contributed by atoms with Crippen molar-refractivity contribution in [2.75, 3.05) is 31.3 Å². The van der Waals surface area contributed by atoms with Gasteiger partial charge in [-0.25, -0.2) is 14.5 Å². The number of thioether (sulfide) groups is 1. The van der Waals surface area contributed by atoms with Gasteiger partial charge >= 0.3 is 0 Å². The van der Waals surface area contributed by atoms with E-state index in [-0.39, 0.29) is 48.1 Å². The first-order valence-electron chi connectivity index (χ1n) is 12.2. The molecule has 0 aliphatic carbocycles. The summed E-state index contributed by atoms with van der Waals surface area (Å²) in [6, 6.07) is 9.75. The van der Waals surface area contributed by atoms with E-state index in [1.807, 2.05) is 30.3 Å². The molecule has 0 bridgehead atoms. The van der Waals surface area contributed by atoms with Crippen molar-refractivity contribution in [2.45, 2.75) is 45.3 Å². The van der Waals surface area contributed by atoms with Gasteiger partial charge in [-0.15, -0.1) is 0 Å². The number of carbonyl (C=O) groups is 1. The maximum Gasteiger partial charge on any atom is 0.256 e. The van der Waals surface area contributed by atoms with E-state index in [1.165, 1.54) is 10.9 Å². The Hall–Kier alpha value is -1.96. The minimum absolute atomic E-state index is 0.0675. The highest BCUT2D eigenvalue weighted by atomic mass is 35.5. The van der Waals surface area contributed by atoms with Gasteiger partial charge in [0.2, 0.25) is 5.28 Å². The van der Waals surface area contributed by atoms with Gasteiger partial charge in [-0.2, -0.15) is 9.97 Å². The molecule has 39 heavy (non-hydrogen) atoms. The van der Waals surface area contributed by atoms with Crippen LogP contribution < -0.4 is 10.8 Å². The fourth-order valence-electron chi connectivity index (χ4n) is 3.70. The highest BCUT2D eigenvalue weighted by Crippen LogP contribution is 2.39. The third kappa shape index (κ3) is 7.83. The number of rotatable bonds is 13. The number of benzene rings is 1. The van der Waals surface area contributed by atoms with Crippen molar-refractivity contribution in [3.63, 3.8) is 0 Å². The van der Waals surface area contributed by atoms with E-state index in [1.54, 1.807) is 13.8 Å². The number of nitrogens with two attached hydrogens (primary N) is 1. The number of hydrogen-bond donors (Lipinski definition) is 3. The van der Waals surface area contributed by atoms with Gasteiger partial charge in [-0.1, -0.05) is 42.1 Å². The van der Waals surface area contributed by atoms with Crippen LogP contribution in [-0.4, -0.2) is 67.6 Å². The molecule has 1 aromatic carbocycles. The maximum absolute atomic E-state index is 15.0. The average Bonchev–Trinajstić information content (AvgIpc) is 3.50. The van der Waals surface area contributed by atoms with E-state index < -0.39 is 32.4 Å².